The fourth-order valence-electron chi connectivity index (χ4n) is 3.53. The van der Waals surface area contributed by atoms with Crippen molar-refractivity contribution in [3.63, 3.8) is 0 Å². The number of aromatic nitrogens is 3. The monoisotopic (exact) mass is 366 g/mol. The number of nitrogens with zero attached hydrogens (tertiary/aromatic N) is 3. The first-order valence-corrected chi connectivity index (χ1v) is 8.75. The number of nitrogens with one attached hydrogen (secondary N) is 1. The van der Waals surface area contributed by atoms with Gasteiger partial charge >= 0.3 is 0 Å². The zero-order chi connectivity index (χ0) is 18.8. The van der Waals surface area contributed by atoms with Gasteiger partial charge in [0.05, 0.1) is 33.4 Å². The van der Waals surface area contributed by atoms with Gasteiger partial charge in [-0.25, -0.2) is 4.68 Å². The molecule has 2 atom stereocenters. The standard InChI is InChI=1S/C20H22N4O3/c1-25-14-6-4-13(5-7-14)17-11-18(24-20(23-17)21-12-22-24)16-9-8-15(26-2)10-19(16)27-3/h4-10,12,17-18H,11H2,1-3H3,(H,21,22,23)/t17-,18+/m1/s1. The van der Waals surface area contributed by atoms with Crippen LogP contribution in [0.1, 0.15) is 29.6 Å². The van der Waals surface area contributed by atoms with E-state index in [4.69, 9.17) is 14.2 Å². The van der Waals surface area contributed by atoms with Gasteiger partial charge in [0.1, 0.15) is 23.6 Å². The van der Waals surface area contributed by atoms with E-state index in [0.717, 1.165) is 35.2 Å². The summed E-state index contributed by atoms with van der Waals surface area (Å²) in [6, 6.07) is 14.1. The van der Waals surface area contributed by atoms with E-state index in [1.165, 1.54) is 5.56 Å². The average Bonchev–Trinajstić information content (AvgIpc) is 3.21. The molecule has 0 aliphatic carbocycles. The van der Waals surface area contributed by atoms with Gasteiger partial charge in [0, 0.05) is 11.6 Å². The Hall–Kier alpha value is -3.22. The first-order chi connectivity index (χ1) is 13.2. The number of hydrogen-bond donors (Lipinski definition) is 1. The molecule has 0 bridgehead atoms. The van der Waals surface area contributed by atoms with Crippen LogP contribution in [-0.2, 0) is 0 Å². The third-order valence-electron chi connectivity index (χ3n) is 4.95. The molecule has 0 fully saturated rings. The summed E-state index contributed by atoms with van der Waals surface area (Å²) in [7, 11) is 4.99. The number of rotatable bonds is 5. The van der Waals surface area contributed by atoms with Crippen LogP contribution in [0.5, 0.6) is 17.2 Å². The van der Waals surface area contributed by atoms with E-state index < -0.39 is 0 Å². The van der Waals surface area contributed by atoms with Crippen LogP contribution in [0.15, 0.2) is 48.8 Å². The van der Waals surface area contributed by atoms with Crippen LogP contribution in [0.25, 0.3) is 0 Å². The maximum absolute atomic E-state index is 5.63. The Morgan fingerprint density at radius 3 is 2.41 bits per heavy atom. The van der Waals surface area contributed by atoms with Crippen LogP contribution in [0.4, 0.5) is 5.95 Å². The maximum atomic E-state index is 5.63. The second kappa shape index (κ2) is 7.19. The summed E-state index contributed by atoms with van der Waals surface area (Å²) in [4.78, 5) is 4.38. The molecule has 2 heterocycles. The maximum Gasteiger partial charge on any atom is 0.222 e. The molecular weight excluding hydrogens is 344 g/mol. The zero-order valence-electron chi connectivity index (χ0n) is 15.5. The minimum atomic E-state index is -0.00305. The molecule has 2 aromatic carbocycles. The summed E-state index contributed by atoms with van der Waals surface area (Å²) in [6.07, 6.45) is 2.38. The molecule has 3 aromatic rings. The zero-order valence-corrected chi connectivity index (χ0v) is 15.5. The SMILES string of the molecule is COc1ccc([C@H]2C[C@@H](c3ccc(OC)cc3OC)n3ncnc3N2)cc1. The molecule has 1 aliphatic rings. The quantitative estimate of drug-likeness (QED) is 0.746. The highest BCUT2D eigenvalue weighted by molar-refractivity contribution is 5.46. The van der Waals surface area contributed by atoms with Crippen LogP contribution in [-0.4, -0.2) is 36.1 Å². The fourth-order valence-corrected chi connectivity index (χ4v) is 3.53. The molecule has 1 aliphatic heterocycles. The molecule has 7 nitrogen and oxygen atoms in total. The number of hydrogen-bond acceptors (Lipinski definition) is 6. The molecule has 0 amide bonds. The summed E-state index contributed by atoms with van der Waals surface area (Å²) in [5, 5.41) is 7.90. The lowest BCUT2D eigenvalue weighted by atomic mass is 9.92. The molecule has 0 spiro atoms. The summed E-state index contributed by atoms with van der Waals surface area (Å²) >= 11 is 0. The first-order valence-electron chi connectivity index (χ1n) is 8.75. The second-order valence-corrected chi connectivity index (χ2v) is 6.36. The number of anilines is 1. The van der Waals surface area contributed by atoms with Gasteiger partial charge < -0.3 is 19.5 Å². The molecule has 140 valence electrons. The molecular formula is C20H22N4O3. The van der Waals surface area contributed by atoms with Gasteiger partial charge in [0.2, 0.25) is 5.95 Å². The average molecular weight is 366 g/mol. The van der Waals surface area contributed by atoms with Crippen molar-refractivity contribution in [2.45, 2.75) is 18.5 Å². The van der Waals surface area contributed by atoms with Crippen molar-refractivity contribution < 1.29 is 14.2 Å². The Morgan fingerprint density at radius 1 is 0.963 bits per heavy atom. The van der Waals surface area contributed by atoms with Crippen LogP contribution in [0.3, 0.4) is 0 Å². The lowest BCUT2D eigenvalue weighted by Gasteiger charge is -2.32. The normalized spacial score (nSPS) is 18.3. The van der Waals surface area contributed by atoms with Gasteiger partial charge in [-0.2, -0.15) is 10.1 Å². The van der Waals surface area contributed by atoms with Gasteiger partial charge in [-0.05, 0) is 36.2 Å². The molecule has 0 saturated heterocycles. The molecule has 0 saturated carbocycles. The van der Waals surface area contributed by atoms with E-state index in [0.29, 0.717) is 0 Å². The van der Waals surface area contributed by atoms with Crippen molar-refractivity contribution in [2.24, 2.45) is 0 Å². The Labute approximate surface area is 157 Å². The minimum absolute atomic E-state index is 0.00305. The Morgan fingerprint density at radius 2 is 1.70 bits per heavy atom. The van der Waals surface area contributed by atoms with Gasteiger partial charge in [0.25, 0.3) is 0 Å². The summed E-state index contributed by atoms with van der Waals surface area (Å²) in [6.45, 7) is 0. The Kier molecular flexibility index (Phi) is 4.58. The van der Waals surface area contributed by atoms with Crippen molar-refractivity contribution in [3.05, 3.63) is 59.9 Å². The van der Waals surface area contributed by atoms with Crippen molar-refractivity contribution >= 4 is 5.95 Å². The van der Waals surface area contributed by atoms with E-state index >= 15 is 0 Å². The number of ether oxygens (including phenoxy) is 3. The largest absolute Gasteiger partial charge is 0.497 e. The summed E-state index contributed by atoms with van der Waals surface area (Å²) < 4.78 is 18.1. The smallest absolute Gasteiger partial charge is 0.222 e. The predicted molar refractivity (Wildman–Crippen MR) is 102 cm³/mol. The van der Waals surface area contributed by atoms with E-state index in [2.05, 4.69) is 27.5 Å². The van der Waals surface area contributed by atoms with Crippen LogP contribution >= 0.6 is 0 Å². The van der Waals surface area contributed by atoms with Gasteiger partial charge in [-0.3, -0.25) is 0 Å². The fraction of sp³-hybridized carbons (Fsp3) is 0.300. The van der Waals surface area contributed by atoms with Crippen LogP contribution in [0.2, 0.25) is 0 Å². The Balaban J connectivity index is 1.72. The molecule has 1 N–H and O–H groups in total. The highest BCUT2D eigenvalue weighted by atomic mass is 16.5. The van der Waals surface area contributed by atoms with Crippen molar-refractivity contribution in [1.82, 2.24) is 14.8 Å². The summed E-state index contributed by atoms with van der Waals surface area (Å²) in [5.41, 5.74) is 2.22. The van der Waals surface area contributed by atoms with Crippen LogP contribution in [0, 0.1) is 0 Å². The summed E-state index contributed by atoms with van der Waals surface area (Å²) in [5.74, 6) is 3.11. The predicted octanol–water partition coefficient (Wildman–Crippen LogP) is 3.45. The minimum Gasteiger partial charge on any atom is -0.497 e. The molecule has 4 rings (SSSR count). The first kappa shape index (κ1) is 17.2. The van der Waals surface area contributed by atoms with Crippen molar-refractivity contribution in [1.29, 1.82) is 0 Å². The van der Waals surface area contributed by atoms with Crippen LogP contribution < -0.4 is 19.5 Å². The Bertz CT molecular complexity index is 923. The van der Waals surface area contributed by atoms with E-state index in [9.17, 15) is 0 Å². The highest BCUT2D eigenvalue weighted by Gasteiger charge is 2.31. The van der Waals surface area contributed by atoms with Gasteiger partial charge in [-0.15, -0.1) is 0 Å². The van der Waals surface area contributed by atoms with E-state index in [1.54, 1.807) is 27.7 Å². The molecule has 1 aromatic heterocycles. The van der Waals surface area contributed by atoms with Crippen molar-refractivity contribution in [2.75, 3.05) is 26.6 Å². The third kappa shape index (κ3) is 3.16. The highest BCUT2D eigenvalue weighted by Crippen LogP contribution is 2.41. The van der Waals surface area contributed by atoms with E-state index in [1.807, 2.05) is 35.0 Å². The van der Waals surface area contributed by atoms with Gasteiger partial charge in [0.15, 0.2) is 0 Å². The molecule has 0 radical (unpaired) electrons. The second-order valence-electron chi connectivity index (χ2n) is 6.36. The lowest BCUT2D eigenvalue weighted by molar-refractivity contribution is 0.371. The van der Waals surface area contributed by atoms with E-state index in [-0.39, 0.29) is 12.1 Å². The van der Waals surface area contributed by atoms with Crippen molar-refractivity contribution in [3.8, 4) is 17.2 Å². The number of benzene rings is 2. The van der Waals surface area contributed by atoms with Gasteiger partial charge in [-0.1, -0.05) is 12.1 Å². The third-order valence-corrected chi connectivity index (χ3v) is 4.95. The molecule has 7 heteroatoms. The number of methoxy groups -OCH3 is 3. The lowest BCUT2D eigenvalue weighted by Crippen LogP contribution is -2.28. The molecule has 0 unspecified atom stereocenters. The number of fused-ring (bicyclic) bond motifs is 1. The topological polar surface area (TPSA) is 70.4 Å². The molecule has 27 heavy (non-hydrogen) atoms.